The Labute approximate surface area is 252 Å². The summed E-state index contributed by atoms with van der Waals surface area (Å²) in [7, 11) is -3.72. The molecule has 1 aliphatic heterocycles. The zero-order chi connectivity index (χ0) is 29.7. The van der Waals surface area contributed by atoms with Crippen molar-refractivity contribution in [1.82, 2.24) is 10.2 Å². The number of nitrogens with one attached hydrogen (secondary N) is 1. The molecule has 1 atom stereocenters. The fraction of sp³-hybridized carbons (Fsp3) is 0.273. The minimum atomic E-state index is -3.72. The van der Waals surface area contributed by atoms with Crippen LogP contribution in [0.25, 0.3) is 10.8 Å². The molecule has 0 radical (unpaired) electrons. The van der Waals surface area contributed by atoms with Crippen molar-refractivity contribution in [3.05, 3.63) is 107 Å². The lowest BCUT2D eigenvalue weighted by Crippen LogP contribution is -2.50. The van der Waals surface area contributed by atoms with E-state index in [1.807, 2.05) is 67.6 Å². The summed E-state index contributed by atoms with van der Waals surface area (Å²) in [6, 6.07) is 26.9. The molecular formula is C33H34ClN3O4S. The van der Waals surface area contributed by atoms with Gasteiger partial charge < -0.3 is 10.2 Å². The van der Waals surface area contributed by atoms with Crippen LogP contribution in [0.1, 0.15) is 37.3 Å². The SMILES string of the molecule is CCCNC(=O)[C@@H](Cc1ccccc1)N(Cc1ccc(Cl)cc1)C(=O)CCCN1c2cccc3cccc(c23)S1(=O)=O. The molecule has 1 heterocycles. The Morgan fingerprint density at radius 2 is 1.62 bits per heavy atom. The molecule has 0 aromatic heterocycles. The lowest BCUT2D eigenvalue weighted by atomic mass is 10.0. The van der Waals surface area contributed by atoms with Crippen LogP contribution in [-0.4, -0.2) is 44.3 Å². The third kappa shape index (κ3) is 6.30. The van der Waals surface area contributed by atoms with E-state index in [1.165, 1.54) is 4.31 Å². The average Bonchev–Trinajstić information content (AvgIpc) is 3.22. The van der Waals surface area contributed by atoms with Crippen LogP contribution < -0.4 is 9.62 Å². The highest BCUT2D eigenvalue weighted by Crippen LogP contribution is 2.42. The maximum atomic E-state index is 13.9. The van der Waals surface area contributed by atoms with E-state index in [0.717, 1.165) is 22.9 Å². The van der Waals surface area contributed by atoms with Crippen LogP contribution in [0.2, 0.25) is 5.02 Å². The molecule has 1 N–H and O–H groups in total. The Balaban J connectivity index is 1.38. The van der Waals surface area contributed by atoms with Crippen LogP contribution in [0.3, 0.4) is 0 Å². The first-order chi connectivity index (χ1) is 20.3. The smallest absolute Gasteiger partial charge is 0.265 e. The van der Waals surface area contributed by atoms with Crippen LogP contribution in [-0.2, 0) is 32.6 Å². The van der Waals surface area contributed by atoms with E-state index in [1.54, 1.807) is 35.2 Å². The Bertz CT molecular complexity index is 1670. The monoisotopic (exact) mass is 603 g/mol. The predicted octanol–water partition coefficient (Wildman–Crippen LogP) is 5.95. The number of carbonyl (C=O) groups excluding carboxylic acids is 2. The Kier molecular flexibility index (Phi) is 9.14. The molecule has 2 amide bonds. The Hall–Kier alpha value is -3.88. The van der Waals surface area contributed by atoms with E-state index in [4.69, 9.17) is 11.6 Å². The van der Waals surface area contributed by atoms with Gasteiger partial charge in [0.25, 0.3) is 10.0 Å². The molecule has 5 rings (SSSR count). The Morgan fingerprint density at radius 1 is 0.905 bits per heavy atom. The first-order valence-corrected chi connectivity index (χ1v) is 16.0. The van der Waals surface area contributed by atoms with Crippen LogP contribution in [0.5, 0.6) is 0 Å². The highest BCUT2D eigenvalue weighted by atomic mass is 35.5. The van der Waals surface area contributed by atoms with E-state index in [9.17, 15) is 18.0 Å². The second kappa shape index (κ2) is 13.0. The molecule has 0 unspecified atom stereocenters. The molecule has 1 aliphatic rings. The normalized spacial score (nSPS) is 14.1. The number of amides is 2. The number of carbonyl (C=O) groups is 2. The van der Waals surface area contributed by atoms with Crippen molar-refractivity contribution in [3.8, 4) is 0 Å². The number of halogens is 1. The molecule has 4 aromatic rings. The van der Waals surface area contributed by atoms with Crippen molar-refractivity contribution in [2.75, 3.05) is 17.4 Å². The molecule has 0 spiro atoms. The molecule has 9 heteroatoms. The highest BCUT2D eigenvalue weighted by Gasteiger charge is 2.36. The van der Waals surface area contributed by atoms with Crippen molar-refractivity contribution in [1.29, 1.82) is 0 Å². The predicted molar refractivity (Wildman–Crippen MR) is 167 cm³/mol. The molecule has 0 aliphatic carbocycles. The minimum Gasteiger partial charge on any atom is -0.354 e. The van der Waals surface area contributed by atoms with Gasteiger partial charge >= 0.3 is 0 Å². The largest absolute Gasteiger partial charge is 0.354 e. The van der Waals surface area contributed by atoms with Crippen LogP contribution >= 0.6 is 11.6 Å². The summed E-state index contributed by atoms with van der Waals surface area (Å²) in [6.07, 6.45) is 1.51. The molecule has 4 aromatic carbocycles. The fourth-order valence-corrected chi connectivity index (χ4v) is 7.30. The molecular weight excluding hydrogens is 570 g/mol. The van der Waals surface area contributed by atoms with Gasteiger partial charge in [-0.2, -0.15) is 0 Å². The van der Waals surface area contributed by atoms with Gasteiger partial charge in [0.2, 0.25) is 11.8 Å². The topological polar surface area (TPSA) is 86.8 Å². The van der Waals surface area contributed by atoms with Crippen LogP contribution in [0.4, 0.5) is 5.69 Å². The van der Waals surface area contributed by atoms with Crippen molar-refractivity contribution < 1.29 is 18.0 Å². The summed E-state index contributed by atoms with van der Waals surface area (Å²) in [5.41, 5.74) is 2.42. The standard InChI is InChI=1S/C33H34ClN3O4S/c1-2-20-35-33(39)29(22-24-9-4-3-5-10-24)36(23-25-16-18-27(34)19-17-25)31(38)15-8-21-37-28-13-6-11-26-12-7-14-30(32(26)28)42(37,40)41/h3-7,9-14,16-19,29H,2,8,15,20-23H2,1H3,(H,35,39)/t29-/m1/s1. The summed E-state index contributed by atoms with van der Waals surface area (Å²) < 4.78 is 28.2. The summed E-state index contributed by atoms with van der Waals surface area (Å²) >= 11 is 6.11. The second-order valence-electron chi connectivity index (χ2n) is 10.5. The maximum Gasteiger partial charge on any atom is 0.265 e. The van der Waals surface area contributed by atoms with Gasteiger partial charge in [0.05, 0.1) is 10.6 Å². The molecule has 42 heavy (non-hydrogen) atoms. The van der Waals surface area contributed by atoms with E-state index >= 15 is 0 Å². The van der Waals surface area contributed by atoms with E-state index in [0.29, 0.717) is 40.4 Å². The van der Waals surface area contributed by atoms with Gasteiger partial charge in [-0.25, -0.2) is 8.42 Å². The number of hydrogen-bond donors (Lipinski definition) is 1. The number of sulfonamides is 1. The van der Waals surface area contributed by atoms with Crippen molar-refractivity contribution >= 4 is 49.9 Å². The van der Waals surface area contributed by atoms with E-state index in [-0.39, 0.29) is 31.3 Å². The van der Waals surface area contributed by atoms with Crippen molar-refractivity contribution in [2.24, 2.45) is 0 Å². The van der Waals surface area contributed by atoms with Gasteiger partial charge in [0.1, 0.15) is 6.04 Å². The van der Waals surface area contributed by atoms with Gasteiger partial charge in [-0.1, -0.05) is 85.3 Å². The van der Waals surface area contributed by atoms with Gasteiger partial charge in [0.15, 0.2) is 0 Å². The Morgan fingerprint density at radius 3 is 2.33 bits per heavy atom. The summed E-state index contributed by atoms with van der Waals surface area (Å²) in [4.78, 5) is 29.3. The van der Waals surface area contributed by atoms with Crippen LogP contribution in [0.15, 0.2) is 95.9 Å². The summed E-state index contributed by atoms with van der Waals surface area (Å²) in [6.45, 7) is 2.86. The first-order valence-electron chi connectivity index (χ1n) is 14.2. The average molecular weight is 604 g/mol. The fourth-order valence-electron chi connectivity index (χ4n) is 5.42. The minimum absolute atomic E-state index is 0.0816. The van der Waals surface area contributed by atoms with Gasteiger partial charge in [0, 0.05) is 42.9 Å². The molecule has 0 saturated heterocycles. The molecule has 0 fully saturated rings. The third-order valence-electron chi connectivity index (χ3n) is 7.52. The number of rotatable bonds is 12. The second-order valence-corrected chi connectivity index (χ2v) is 12.7. The van der Waals surface area contributed by atoms with Crippen LogP contribution in [0, 0.1) is 0 Å². The zero-order valence-corrected chi connectivity index (χ0v) is 25.1. The number of nitrogens with zero attached hydrogens (tertiary/aromatic N) is 2. The quantitative estimate of drug-likeness (QED) is 0.217. The maximum absolute atomic E-state index is 13.9. The van der Waals surface area contributed by atoms with Gasteiger partial charge in [-0.15, -0.1) is 0 Å². The third-order valence-corrected chi connectivity index (χ3v) is 9.63. The lowest BCUT2D eigenvalue weighted by molar-refractivity contribution is -0.141. The van der Waals surface area contributed by atoms with E-state index in [2.05, 4.69) is 5.32 Å². The molecule has 7 nitrogen and oxygen atoms in total. The zero-order valence-electron chi connectivity index (χ0n) is 23.5. The first kappa shape index (κ1) is 29.6. The van der Waals surface area contributed by atoms with Crippen molar-refractivity contribution in [3.63, 3.8) is 0 Å². The molecule has 0 saturated carbocycles. The molecule has 218 valence electrons. The lowest BCUT2D eigenvalue weighted by Gasteiger charge is -2.32. The van der Waals surface area contributed by atoms with Gasteiger partial charge in [-0.3, -0.25) is 13.9 Å². The van der Waals surface area contributed by atoms with E-state index < -0.39 is 16.1 Å². The summed E-state index contributed by atoms with van der Waals surface area (Å²) in [5, 5.41) is 5.14. The number of anilines is 1. The van der Waals surface area contributed by atoms with Gasteiger partial charge in [-0.05, 0) is 53.6 Å². The van der Waals surface area contributed by atoms with Crippen molar-refractivity contribution in [2.45, 2.75) is 50.1 Å². The highest BCUT2D eigenvalue weighted by molar-refractivity contribution is 7.93. The summed E-state index contributed by atoms with van der Waals surface area (Å²) in [5.74, 6) is -0.433. The number of hydrogen-bond acceptors (Lipinski definition) is 4. The molecule has 0 bridgehead atoms. The number of benzene rings is 4.